The van der Waals surface area contributed by atoms with Crippen LogP contribution in [0.3, 0.4) is 0 Å². The first-order chi connectivity index (χ1) is 14.5. The van der Waals surface area contributed by atoms with Gasteiger partial charge in [-0.25, -0.2) is 0 Å². The average molecular weight is 409 g/mol. The molecule has 0 bridgehead atoms. The van der Waals surface area contributed by atoms with Crippen molar-refractivity contribution in [2.75, 3.05) is 20.8 Å². The van der Waals surface area contributed by atoms with Gasteiger partial charge in [-0.3, -0.25) is 0 Å². The van der Waals surface area contributed by atoms with Crippen molar-refractivity contribution >= 4 is 11.8 Å². The fourth-order valence-corrected chi connectivity index (χ4v) is 4.33. The highest BCUT2D eigenvalue weighted by molar-refractivity contribution is 6.09. The summed E-state index contributed by atoms with van der Waals surface area (Å²) in [6.07, 6.45) is 3.63. The van der Waals surface area contributed by atoms with Crippen molar-refractivity contribution in [1.29, 1.82) is 0 Å². The minimum absolute atomic E-state index is 0.311. The molecule has 0 saturated carbocycles. The van der Waals surface area contributed by atoms with Crippen LogP contribution >= 0.6 is 0 Å². The smallest absolute Gasteiger partial charge is 0.164 e. The fraction of sp³-hybridized carbons (Fsp3) is 0.348. The average Bonchev–Trinajstić information content (AvgIpc) is 2.75. The summed E-state index contributed by atoms with van der Waals surface area (Å²) in [5.41, 5.74) is 2.53. The Morgan fingerprint density at radius 2 is 1.87 bits per heavy atom. The Morgan fingerprint density at radius 1 is 1.10 bits per heavy atom. The minimum atomic E-state index is -0.394. The van der Waals surface area contributed by atoms with Crippen LogP contribution < -0.4 is 23.7 Å². The van der Waals surface area contributed by atoms with Crippen molar-refractivity contribution in [1.82, 2.24) is 0 Å². The lowest BCUT2D eigenvalue weighted by molar-refractivity contribution is 0.0951. The first-order valence-corrected chi connectivity index (χ1v) is 9.78. The van der Waals surface area contributed by atoms with E-state index >= 15 is 0 Å². The standard InChI is InChI=1S/C23H23NO6/c1-23(2)8-7-12-15(30-23)6-5-13-21(24-25)20-14-9-17(26-3)18(27-4)10-16(14)28-11-19(20)29-22(12)13/h5-10,19-20,25H,11H2,1-4H3/b24-21+/t19-,20+/m1/s1. The van der Waals surface area contributed by atoms with Crippen LogP contribution in [-0.2, 0) is 0 Å². The lowest BCUT2D eigenvalue weighted by Crippen LogP contribution is -2.43. The topological polar surface area (TPSA) is 78.7 Å². The molecule has 0 unspecified atom stereocenters. The molecule has 0 aliphatic carbocycles. The molecular formula is C23H23NO6. The Labute approximate surface area is 174 Å². The first kappa shape index (κ1) is 18.7. The van der Waals surface area contributed by atoms with E-state index in [0.717, 1.165) is 22.4 Å². The summed E-state index contributed by atoms with van der Waals surface area (Å²) in [6.45, 7) is 4.30. The second-order valence-electron chi connectivity index (χ2n) is 8.07. The molecule has 1 N–H and O–H groups in total. The monoisotopic (exact) mass is 409 g/mol. The van der Waals surface area contributed by atoms with Gasteiger partial charge >= 0.3 is 0 Å². The van der Waals surface area contributed by atoms with E-state index in [2.05, 4.69) is 5.16 Å². The molecule has 0 fully saturated rings. The van der Waals surface area contributed by atoms with E-state index in [1.54, 1.807) is 20.3 Å². The predicted molar refractivity (Wildman–Crippen MR) is 111 cm³/mol. The number of hydrogen-bond donors (Lipinski definition) is 1. The van der Waals surface area contributed by atoms with Crippen LogP contribution in [0.5, 0.6) is 28.7 Å². The van der Waals surface area contributed by atoms with Gasteiger partial charge in [0, 0.05) is 17.2 Å². The first-order valence-electron chi connectivity index (χ1n) is 9.78. The summed E-state index contributed by atoms with van der Waals surface area (Å²) in [5.74, 6) is 2.88. The van der Waals surface area contributed by atoms with Crippen LogP contribution in [0.25, 0.3) is 6.08 Å². The number of oxime groups is 1. The second-order valence-corrected chi connectivity index (χ2v) is 8.07. The molecular weight excluding hydrogens is 386 g/mol. The van der Waals surface area contributed by atoms with E-state index in [9.17, 15) is 5.21 Å². The SMILES string of the molecule is COc1cc2c(cc1OC)[C@@H]1/C(=N/O)c3ccc4c(c3O[C@@H]1CO2)C=CC(C)(C)O4. The van der Waals surface area contributed by atoms with Crippen LogP contribution in [0.15, 0.2) is 35.5 Å². The minimum Gasteiger partial charge on any atom is -0.493 e. The second kappa shape index (κ2) is 6.58. The maximum absolute atomic E-state index is 10.0. The van der Waals surface area contributed by atoms with Gasteiger partial charge < -0.3 is 28.9 Å². The number of benzene rings is 2. The summed E-state index contributed by atoms with van der Waals surface area (Å²) in [6, 6.07) is 7.42. The van der Waals surface area contributed by atoms with Crippen LogP contribution in [-0.4, -0.2) is 43.5 Å². The lowest BCUT2D eigenvalue weighted by Gasteiger charge is -2.40. The van der Waals surface area contributed by atoms with Gasteiger partial charge in [-0.15, -0.1) is 0 Å². The molecule has 7 heteroatoms. The number of ether oxygens (including phenoxy) is 5. The maximum Gasteiger partial charge on any atom is 0.164 e. The van der Waals surface area contributed by atoms with Crippen molar-refractivity contribution in [2.45, 2.75) is 31.5 Å². The summed E-state index contributed by atoms with van der Waals surface area (Å²) in [7, 11) is 3.16. The van der Waals surface area contributed by atoms with E-state index in [4.69, 9.17) is 23.7 Å². The summed E-state index contributed by atoms with van der Waals surface area (Å²) < 4.78 is 29.3. The Bertz CT molecular complexity index is 1090. The molecule has 2 atom stereocenters. The Hall–Kier alpha value is -3.35. The third-order valence-corrected chi connectivity index (χ3v) is 5.75. The van der Waals surface area contributed by atoms with Gasteiger partial charge in [0.2, 0.25) is 0 Å². The zero-order chi connectivity index (χ0) is 21.0. The third-order valence-electron chi connectivity index (χ3n) is 5.75. The van der Waals surface area contributed by atoms with Crippen molar-refractivity contribution in [2.24, 2.45) is 5.16 Å². The van der Waals surface area contributed by atoms with Gasteiger partial charge in [0.15, 0.2) is 11.5 Å². The number of rotatable bonds is 2. The summed E-state index contributed by atoms with van der Waals surface area (Å²) in [4.78, 5) is 0. The van der Waals surface area contributed by atoms with Crippen LogP contribution in [0.1, 0.15) is 36.5 Å². The third kappa shape index (κ3) is 2.69. The summed E-state index contributed by atoms with van der Waals surface area (Å²) >= 11 is 0. The zero-order valence-electron chi connectivity index (χ0n) is 17.3. The molecule has 0 radical (unpaired) electrons. The highest BCUT2D eigenvalue weighted by Gasteiger charge is 2.44. The van der Waals surface area contributed by atoms with E-state index in [1.165, 1.54) is 0 Å². The van der Waals surface area contributed by atoms with Gasteiger partial charge in [0.05, 0.1) is 25.7 Å². The van der Waals surface area contributed by atoms with E-state index in [0.29, 0.717) is 35.3 Å². The van der Waals surface area contributed by atoms with Gasteiger partial charge in [-0.1, -0.05) is 5.16 Å². The zero-order valence-corrected chi connectivity index (χ0v) is 17.3. The highest BCUT2D eigenvalue weighted by atomic mass is 16.5. The van der Waals surface area contributed by atoms with E-state index < -0.39 is 5.60 Å². The van der Waals surface area contributed by atoms with E-state index in [-0.39, 0.29) is 12.0 Å². The van der Waals surface area contributed by atoms with Crippen molar-refractivity contribution in [3.63, 3.8) is 0 Å². The van der Waals surface area contributed by atoms with Crippen LogP contribution in [0.4, 0.5) is 0 Å². The molecule has 0 aromatic heterocycles. The molecule has 0 spiro atoms. The molecule has 3 heterocycles. The largest absolute Gasteiger partial charge is 0.493 e. The molecule has 2 aromatic rings. The lowest BCUT2D eigenvalue weighted by atomic mass is 9.80. The Balaban J connectivity index is 1.65. The maximum atomic E-state index is 10.0. The molecule has 3 aliphatic heterocycles. The quantitative estimate of drug-likeness (QED) is 0.597. The van der Waals surface area contributed by atoms with Crippen molar-refractivity contribution < 1.29 is 28.9 Å². The highest BCUT2D eigenvalue weighted by Crippen LogP contribution is 2.49. The number of methoxy groups -OCH3 is 2. The van der Waals surface area contributed by atoms with E-state index in [1.807, 2.05) is 44.2 Å². The molecule has 30 heavy (non-hydrogen) atoms. The molecule has 2 aromatic carbocycles. The Morgan fingerprint density at radius 3 is 2.60 bits per heavy atom. The Kier molecular flexibility index (Phi) is 4.10. The van der Waals surface area contributed by atoms with Crippen LogP contribution in [0.2, 0.25) is 0 Å². The number of hydrogen-bond acceptors (Lipinski definition) is 7. The summed E-state index contributed by atoms with van der Waals surface area (Å²) in [5, 5.41) is 13.7. The van der Waals surface area contributed by atoms with Gasteiger partial charge in [-0.2, -0.15) is 0 Å². The molecule has 5 rings (SSSR count). The van der Waals surface area contributed by atoms with Gasteiger partial charge in [-0.05, 0) is 44.2 Å². The normalized spacial score (nSPS) is 23.7. The molecule has 7 nitrogen and oxygen atoms in total. The molecule has 0 amide bonds. The predicted octanol–water partition coefficient (Wildman–Crippen LogP) is 4.00. The van der Waals surface area contributed by atoms with Crippen LogP contribution in [0, 0.1) is 0 Å². The molecule has 0 saturated heterocycles. The van der Waals surface area contributed by atoms with Crippen molar-refractivity contribution in [3.05, 3.63) is 47.0 Å². The van der Waals surface area contributed by atoms with Gasteiger partial charge in [0.1, 0.15) is 41.3 Å². The number of fused-ring (bicyclic) bond motifs is 6. The molecule has 3 aliphatic rings. The van der Waals surface area contributed by atoms with Crippen molar-refractivity contribution in [3.8, 4) is 28.7 Å². The van der Waals surface area contributed by atoms with Gasteiger partial charge in [0.25, 0.3) is 0 Å². The number of nitrogens with zero attached hydrogens (tertiary/aromatic N) is 1. The fourth-order valence-electron chi connectivity index (χ4n) is 4.33. The molecule has 156 valence electrons.